The van der Waals surface area contributed by atoms with Crippen molar-refractivity contribution in [3.8, 4) is 0 Å². The van der Waals surface area contributed by atoms with Gasteiger partial charge >= 0.3 is 5.69 Å². The number of nitro groups is 1. The number of halogens is 1. The van der Waals surface area contributed by atoms with E-state index in [4.69, 9.17) is 0 Å². The van der Waals surface area contributed by atoms with Crippen molar-refractivity contribution in [3.63, 3.8) is 0 Å². The Labute approximate surface area is 124 Å². The highest BCUT2D eigenvalue weighted by Crippen LogP contribution is 2.21. The first kappa shape index (κ1) is 15.0. The van der Waals surface area contributed by atoms with Crippen LogP contribution in [-0.4, -0.2) is 17.1 Å². The predicted molar refractivity (Wildman–Crippen MR) is 79.2 cm³/mol. The number of thioether (sulfide) groups is 1. The van der Waals surface area contributed by atoms with E-state index in [2.05, 4.69) is 5.32 Å². The first-order chi connectivity index (χ1) is 10.0. The lowest BCUT2D eigenvalue weighted by molar-refractivity contribution is -0.387. The SMILES string of the molecule is CSc1cccc(NC(=O)c2ccc(F)c([N+](=O)[O-])c2)c1. The third-order valence-corrected chi connectivity index (χ3v) is 3.46. The van der Waals surface area contributed by atoms with Crippen LogP contribution in [0.3, 0.4) is 0 Å². The van der Waals surface area contributed by atoms with Gasteiger partial charge in [-0.25, -0.2) is 0 Å². The van der Waals surface area contributed by atoms with E-state index in [0.717, 1.165) is 17.0 Å². The summed E-state index contributed by atoms with van der Waals surface area (Å²) < 4.78 is 13.2. The number of carbonyl (C=O) groups is 1. The molecule has 2 aromatic carbocycles. The molecular formula is C14H11FN2O3S. The van der Waals surface area contributed by atoms with Gasteiger partial charge in [0.1, 0.15) is 0 Å². The molecule has 7 heteroatoms. The molecule has 0 bridgehead atoms. The molecule has 0 aliphatic carbocycles. The second-order valence-electron chi connectivity index (χ2n) is 4.11. The summed E-state index contributed by atoms with van der Waals surface area (Å²) in [5.74, 6) is -1.50. The molecule has 0 saturated carbocycles. The van der Waals surface area contributed by atoms with Gasteiger partial charge in [-0.05, 0) is 36.6 Å². The van der Waals surface area contributed by atoms with Crippen molar-refractivity contribution in [3.05, 3.63) is 64.0 Å². The van der Waals surface area contributed by atoms with Gasteiger partial charge in [0.25, 0.3) is 5.91 Å². The Bertz CT molecular complexity index is 706. The highest BCUT2D eigenvalue weighted by molar-refractivity contribution is 7.98. The Morgan fingerprint density at radius 3 is 2.71 bits per heavy atom. The van der Waals surface area contributed by atoms with E-state index in [9.17, 15) is 19.3 Å². The summed E-state index contributed by atoms with van der Waals surface area (Å²) in [7, 11) is 0. The standard InChI is InChI=1S/C14H11FN2O3S/c1-21-11-4-2-3-10(8-11)16-14(18)9-5-6-12(15)13(7-9)17(19)20/h2-8H,1H3,(H,16,18). The van der Waals surface area contributed by atoms with E-state index >= 15 is 0 Å². The number of benzene rings is 2. The second kappa shape index (κ2) is 6.36. The van der Waals surface area contributed by atoms with Gasteiger partial charge in [0.15, 0.2) is 0 Å². The van der Waals surface area contributed by atoms with Gasteiger partial charge in [-0.15, -0.1) is 11.8 Å². The topological polar surface area (TPSA) is 72.2 Å². The van der Waals surface area contributed by atoms with Crippen molar-refractivity contribution in [2.75, 3.05) is 11.6 Å². The minimum absolute atomic E-state index is 0.0256. The van der Waals surface area contributed by atoms with Crippen molar-refractivity contribution >= 4 is 29.0 Å². The number of anilines is 1. The Kier molecular flexibility index (Phi) is 4.54. The second-order valence-corrected chi connectivity index (χ2v) is 4.99. The van der Waals surface area contributed by atoms with Crippen LogP contribution in [0.15, 0.2) is 47.4 Å². The largest absolute Gasteiger partial charge is 0.322 e. The Hall–Kier alpha value is -2.41. The molecular weight excluding hydrogens is 295 g/mol. The molecule has 2 aromatic rings. The van der Waals surface area contributed by atoms with Gasteiger partial charge < -0.3 is 5.32 Å². The molecule has 0 unspecified atom stereocenters. The molecule has 0 fully saturated rings. The third-order valence-electron chi connectivity index (χ3n) is 2.73. The lowest BCUT2D eigenvalue weighted by atomic mass is 10.1. The van der Waals surface area contributed by atoms with E-state index < -0.39 is 22.3 Å². The fourth-order valence-corrected chi connectivity index (χ4v) is 2.16. The zero-order valence-electron chi connectivity index (χ0n) is 11.0. The number of amides is 1. The molecule has 0 radical (unpaired) electrons. The van der Waals surface area contributed by atoms with Crippen LogP contribution in [0.2, 0.25) is 0 Å². The van der Waals surface area contributed by atoms with Crippen LogP contribution in [-0.2, 0) is 0 Å². The number of nitrogens with one attached hydrogen (secondary N) is 1. The lowest BCUT2D eigenvalue weighted by Crippen LogP contribution is -2.12. The summed E-state index contributed by atoms with van der Waals surface area (Å²) in [5, 5.41) is 13.3. The average molecular weight is 306 g/mol. The van der Waals surface area contributed by atoms with Gasteiger partial charge in [0, 0.05) is 22.2 Å². The van der Waals surface area contributed by atoms with Crippen LogP contribution in [0.4, 0.5) is 15.8 Å². The molecule has 0 aromatic heterocycles. The van der Waals surface area contributed by atoms with Crippen LogP contribution < -0.4 is 5.32 Å². The molecule has 0 aliphatic heterocycles. The maximum absolute atomic E-state index is 13.2. The fraction of sp³-hybridized carbons (Fsp3) is 0.0714. The molecule has 108 valence electrons. The first-order valence-electron chi connectivity index (χ1n) is 5.90. The monoisotopic (exact) mass is 306 g/mol. The van der Waals surface area contributed by atoms with Gasteiger partial charge in [-0.3, -0.25) is 14.9 Å². The van der Waals surface area contributed by atoms with E-state index in [0.29, 0.717) is 5.69 Å². The quantitative estimate of drug-likeness (QED) is 0.531. The van der Waals surface area contributed by atoms with Crippen molar-refractivity contribution in [1.82, 2.24) is 0 Å². The van der Waals surface area contributed by atoms with Gasteiger partial charge in [0.2, 0.25) is 5.82 Å². The Morgan fingerprint density at radius 2 is 2.05 bits per heavy atom. The summed E-state index contributed by atoms with van der Waals surface area (Å²) >= 11 is 1.52. The normalized spacial score (nSPS) is 10.2. The van der Waals surface area contributed by atoms with Gasteiger partial charge in [-0.2, -0.15) is 4.39 Å². The lowest BCUT2D eigenvalue weighted by Gasteiger charge is -2.06. The minimum Gasteiger partial charge on any atom is -0.322 e. The highest BCUT2D eigenvalue weighted by Gasteiger charge is 2.17. The number of nitro benzene ring substituents is 1. The summed E-state index contributed by atoms with van der Waals surface area (Å²) in [4.78, 5) is 22.8. The highest BCUT2D eigenvalue weighted by atomic mass is 32.2. The zero-order chi connectivity index (χ0) is 15.4. The smallest absolute Gasteiger partial charge is 0.305 e. The van der Waals surface area contributed by atoms with Crippen molar-refractivity contribution in [2.45, 2.75) is 4.90 Å². The van der Waals surface area contributed by atoms with Gasteiger partial charge in [-0.1, -0.05) is 6.07 Å². The third kappa shape index (κ3) is 3.57. The number of rotatable bonds is 4. The van der Waals surface area contributed by atoms with Crippen LogP contribution in [0.25, 0.3) is 0 Å². The van der Waals surface area contributed by atoms with E-state index in [1.54, 1.807) is 18.2 Å². The van der Waals surface area contributed by atoms with Crippen LogP contribution >= 0.6 is 11.8 Å². The molecule has 1 amide bonds. The summed E-state index contributed by atoms with van der Waals surface area (Å²) in [6.07, 6.45) is 1.91. The number of nitrogens with zero attached hydrogens (tertiary/aromatic N) is 1. The molecule has 0 saturated heterocycles. The predicted octanol–water partition coefficient (Wildman–Crippen LogP) is 3.71. The van der Waals surface area contributed by atoms with Crippen molar-refractivity contribution in [1.29, 1.82) is 0 Å². The molecule has 0 aliphatic rings. The average Bonchev–Trinajstić information content (AvgIpc) is 2.47. The van der Waals surface area contributed by atoms with E-state index in [-0.39, 0.29) is 5.56 Å². The van der Waals surface area contributed by atoms with Crippen molar-refractivity contribution in [2.24, 2.45) is 0 Å². The van der Waals surface area contributed by atoms with Crippen LogP contribution in [0.5, 0.6) is 0 Å². The van der Waals surface area contributed by atoms with Gasteiger partial charge in [0.05, 0.1) is 4.92 Å². The number of carbonyl (C=O) groups excluding carboxylic acids is 1. The molecule has 0 atom stereocenters. The molecule has 1 N–H and O–H groups in total. The first-order valence-corrected chi connectivity index (χ1v) is 7.13. The summed E-state index contributed by atoms with van der Waals surface area (Å²) in [6, 6.07) is 10.2. The van der Waals surface area contributed by atoms with E-state index in [1.165, 1.54) is 17.8 Å². The summed E-state index contributed by atoms with van der Waals surface area (Å²) in [5.41, 5.74) is -0.128. The molecule has 0 heterocycles. The maximum Gasteiger partial charge on any atom is 0.305 e. The maximum atomic E-state index is 13.2. The van der Waals surface area contributed by atoms with Crippen molar-refractivity contribution < 1.29 is 14.1 Å². The molecule has 0 spiro atoms. The molecule has 21 heavy (non-hydrogen) atoms. The Morgan fingerprint density at radius 1 is 1.29 bits per heavy atom. The van der Waals surface area contributed by atoms with E-state index in [1.807, 2.05) is 12.3 Å². The van der Waals surface area contributed by atoms with Crippen LogP contribution in [0.1, 0.15) is 10.4 Å². The number of hydrogen-bond donors (Lipinski definition) is 1. The molecule has 2 rings (SSSR count). The number of hydrogen-bond acceptors (Lipinski definition) is 4. The van der Waals surface area contributed by atoms with Crippen LogP contribution in [0, 0.1) is 15.9 Å². The molecule has 5 nitrogen and oxygen atoms in total. The summed E-state index contributed by atoms with van der Waals surface area (Å²) in [6.45, 7) is 0. The minimum atomic E-state index is -0.971. The zero-order valence-corrected chi connectivity index (χ0v) is 11.8. The fourth-order valence-electron chi connectivity index (χ4n) is 1.70. The Balaban J connectivity index is 2.24.